The predicted octanol–water partition coefficient (Wildman–Crippen LogP) is 1.96. The summed E-state index contributed by atoms with van der Waals surface area (Å²) in [4.78, 5) is 29.1. The number of anilines is 1. The van der Waals surface area contributed by atoms with E-state index in [4.69, 9.17) is 14.2 Å². The molecule has 2 aliphatic rings. The molecule has 0 radical (unpaired) electrons. The number of ether oxygens (including phenoxy) is 3. The van der Waals surface area contributed by atoms with Crippen LogP contribution in [-0.2, 0) is 14.3 Å². The van der Waals surface area contributed by atoms with Crippen molar-refractivity contribution in [3.8, 4) is 5.75 Å². The summed E-state index contributed by atoms with van der Waals surface area (Å²) in [6.07, 6.45) is 2.41. The highest BCUT2D eigenvalue weighted by Gasteiger charge is 2.37. The summed E-state index contributed by atoms with van der Waals surface area (Å²) in [5.41, 5.74) is 0.685. The minimum Gasteiger partial charge on any atom is -0.497 e. The Morgan fingerprint density at radius 2 is 2.00 bits per heavy atom. The fourth-order valence-corrected chi connectivity index (χ4v) is 3.92. The van der Waals surface area contributed by atoms with Crippen molar-refractivity contribution in [1.82, 2.24) is 9.80 Å². The summed E-state index contributed by atoms with van der Waals surface area (Å²) in [5.74, 6) is 0.669. The quantitative estimate of drug-likeness (QED) is 0.802. The third-order valence-electron chi connectivity index (χ3n) is 5.31. The first-order valence-corrected chi connectivity index (χ1v) is 9.70. The molecule has 2 heterocycles. The maximum absolute atomic E-state index is 12.7. The van der Waals surface area contributed by atoms with E-state index in [0.717, 1.165) is 19.3 Å². The van der Waals surface area contributed by atoms with E-state index in [9.17, 15) is 9.59 Å². The summed E-state index contributed by atoms with van der Waals surface area (Å²) in [7, 11) is 3.12. The Morgan fingerprint density at radius 3 is 2.71 bits per heavy atom. The van der Waals surface area contributed by atoms with Gasteiger partial charge in [-0.05, 0) is 31.4 Å². The van der Waals surface area contributed by atoms with E-state index >= 15 is 0 Å². The highest BCUT2D eigenvalue weighted by atomic mass is 16.5. The average molecular weight is 391 g/mol. The van der Waals surface area contributed by atoms with Crippen LogP contribution in [0.3, 0.4) is 0 Å². The maximum atomic E-state index is 12.7. The molecule has 2 aliphatic heterocycles. The number of likely N-dealkylation sites (tertiary alicyclic amines) is 1. The van der Waals surface area contributed by atoms with Crippen molar-refractivity contribution in [3.05, 3.63) is 24.3 Å². The minimum atomic E-state index is -0.165. The van der Waals surface area contributed by atoms with Crippen molar-refractivity contribution >= 4 is 17.6 Å². The van der Waals surface area contributed by atoms with Crippen LogP contribution < -0.4 is 10.1 Å². The molecule has 0 aromatic heterocycles. The second-order valence-electron chi connectivity index (χ2n) is 7.13. The van der Waals surface area contributed by atoms with Gasteiger partial charge < -0.3 is 29.3 Å². The van der Waals surface area contributed by atoms with Crippen molar-refractivity contribution in [2.24, 2.45) is 0 Å². The van der Waals surface area contributed by atoms with Crippen LogP contribution in [0.25, 0.3) is 0 Å². The van der Waals surface area contributed by atoms with E-state index in [1.807, 2.05) is 23.1 Å². The fourth-order valence-electron chi connectivity index (χ4n) is 3.92. The molecule has 8 heteroatoms. The third kappa shape index (κ3) is 4.94. The summed E-state index contributed by atoms with van der Waals surface area (Å²) >= 11 is 0. The Kier molecular flexibility index (Phi) is 7.11. The van der Waals surface area contributed by atoms with Crippen molar-refractivity contribution in [2.75, 3.05) is 52.4 Å². The van der Waals surface area contributed by atoms with Gasteiger partial charge in [0.15, 0.2) is 0 Å². The number of hydrogen-bond acceptors (Lipinski definition) is 5. The molecule has 0 spiro atoms. The van der Waals surface area contributed by atoms with Gasteiger partial charge in [-0.2, -0.15) is 0 Å². The van der Waals surface area contributed by atoms with E-state index in [0.29, 0.717) is 37.7 Å². The van der Waals surface area contributed by atoms with E-state index in [1.54, 1.807) is 18.1 Å². The van der Waals surface area contributed by atoms with Crippen LogP contribution in [-0.4, -0.2) is 81.0 Å². The molecule has 3 rings (SSSR count). The lowest BCUT2D eigenvalue weighted by Gasteiger charge is -2.38. The molecule has 0 bridgehead atoms. The molecule has 3 amide bonds. The molecule has 1 unspecified atom stereocenters. The van der Waals surface area contributed by atoms with Gasteiger partial charge in [-0.1, -0.05) is 6.07 Å². The minimum absolute atomic E-state index is 0.00168. The maximum Gasteiger partial charge on any atom is 0.321 e. The fraction of sp³-hybridized carbons (Fsp3) is 0.600. The number of carbonyl (C=O) groups excluding carboxylic acids is 2. The summed E-state index contributed by atoms with van der Waals surface area (Å²) in [6, 6.07) is 7.24. The van der Waals surface area contributed by atoms with Crippen LogP contribution in [0, 0.1) is 0 Å². The van der Waals surface area contributed by atoms with Gasteiger partial charge in [-0.3, -0.25) is 4.79 Å². The number of amides is 3. The number of methoxy groups -OCH3 is 2. The monoisotopic (exact) mass is 391 g/mol. The molecule has 8 nitrogen and oxygen atoms in total. The molecular formula is C20H29N3O5. The lowest BCUT2D eigenvalue weighted by atomic mass is 10.0. The summed E-state index contributed by atoms with van der Waals surface area (Å²) in [5, 5.41) is 2.91. The van der Waals surface area contributed by atoms with Crippen LogP contribution in [0.15, 0.2) is 24.3 Å². The molecule has 0 saturated carbocycles. The number of urea groups is 1. The lowest BCUT2D eigenvalue weighted by molar-refractivity contribution is -0.142. The van der Waals surface area contributed by atoms with Crippen LogP contribution in [0.5, 0.6) is 5.75 Å². The molecule has 2 saturated heterocycles. The summed E-state index contributed by atoms with van der Waals surface area (Å²) in [6.45, 7) is 2.51. The first kappa shape index (κ1) is 20.4. The topological polar surface area (TPSA) is 80.3 Å². The highest BCUT2D eigenvalue weighted by molar-refractivity contribution is 5.90. The largest absolute Gasteiger partial charge is 0.497 e. The zero-order valence-electron chi connectivity index (χ0n) is 16.6. The van der Waals surface area contributed by atoms with Gasteiger partial charge in [-0.15, -0.1) is 0 Å². The number of nitrogens with zero attached hydrogens (tertiary/aromatic N) is 2. The van der Waals surface area contributed by atoms with Crippen LogP contribution in [0.4, 0.5) is 10.5 Å². The number of nitrogens with one attached hydrogen (secondary N) is 1. The first-order chi connectivity index (χ1) is 13.6. The summed E-state index contributed by atoms with van der Waals surface area (Å²) < 4.78 is 15.7. The van der Waals surface area contributed by atoms with Gasteiger partial charge in [0.2, 0.25) is 5.91 Å². The molecule has 1 N–H and O–H groups in total. The Hall–Kier alpha value is -2.32. The second kappa shape index (κ2) is 9.75. The molecule has 0 aliphatic carbocycles. The molecule has 2 fully saturated rings. The normalized spacial score (nSPS) is 20.1. The van der Waals surface area contributed by atoms with Gasteiger partial charge >= 0.3 is 6.03 Å². The van der Waals surface area contributed by atoms with Gasteiger partial charge in [0.1, 0.15) is 12.4 Å². The molecular weight excluding hydrogens is 362 g/mol. The lowest BCUT2D eigenvalue weighted by Crippen LogP contribution is -2.51. The van der Waals surface area contributed by atoms with Crippen LogP contribution in [0.2, 0.25) is 0 Å². The van der Waals surface area contributed by atoms with Crippen LogP contribution in [0.1, 0.15) is 19.3 Å². The number of hydrogen-bond donors (Lipinski definition) is 1. The van der Waals surface area contributed by atoms with E-state index in [1.165, 1.54) is 7.11 Å². The van der Waals surface area contributed by atoms with E-state index in [-0.39, 0.29) is 30.6 Å². The Morgan fingerprint density at radius 1 is 1.21 bits per heavy atom. The Labute approximate surface area is 165 Å². The van der Waals surface area contributed by atoms with Gasteiger partial charge in [0.05, 0.1) is 13.2 Å². The number of rotatable bonds is 6. The van der Waals surface area contributed by atoms with Gasteiger partial charge in [-0.25, -0.2) is 4.79 Å². The molecule has 1 atom stereocenters. The third-order valence-corrected chi connectivity index (χ3v) is 5.31. The predicted molar refractivity (Wildman–Crippen MR) is 105 cm³/mol. The standard InChI is InChI=1S/C20H29N3O5/c1-26-14-19(24)23(16-7-10-28-11-8-16)17-6-9-22(13-17)20(25)21-15-4-3-5-18(12-15)27-2/h3-5,12,16-17H,6-11,13-14H2,1-2H3,(H,21,25). The van der Waals surface area contributed by atoms with Gasteiger partial charge in [0.25, 0.3) is 0 Å². The number of benzene rings is 1. The Balaban J connectivity index is 1.63. The van der Waals surface area contributed by atoms with Crippen molar-refractivity contribution in [3.63, 3.8) is 0 Å². The van der Waals surface area contributed by atoms with Crippen molar-refractivity contribution in [2.45, 2.75) is 31.3 Å². The van der Waals surface area contributed by atoms with Gasteiger partial charge in [0, 0.05) is 51.2 Å². The van der Waals surface area contributed by atoms with Crippen LogP contribution >= 0.6 is 0 Å². The Bertz CT molecular complexity index is 678. The first-order valence-electron chi connectivity index (χ1n) is 9.70. The van der Waals surface area contributed by atoms with Crippen molar-refractivity contribution < 1.29 is 23.8 Å². The molecule has 1 aromatic carbocycles. The molecule has 28 heavy (non-hydrogen) atoms. The highest BCUT2D eigenvalue weighted by Crippen LogP contribution is 2.25. The molecule has 1 aromatic rings. The second-order valence-corrected chi connectivity index (χ2v) is 7.13. The SMILES string of the molecule is COCC(=O)N(C1CCOCC1)C1CCN(C(=O)Nc2cccc(OC)c2)C1. The zero-order chi connectivity index (χ0) is 19.9. The number of carbonyl (C=O) groups is 2. The molecule has 154 valence electrons. The van der Waals surface area contributed by atoms with Crippen molar-refractivity contribution in [1.29, 1.82) is 0 Å². The smallest absolute Gasteiger partial charge is 0.321 e. The van der Waals surface area contributed by atoms with E-state index < -0.39 is 0 Å². The average Bonchev–Trinajstić information content (AvgIpc) is 3.19. The zero-order valence-corrected chi connectivity index (χ0v) is 16.6. The van der Waals surface area contributed by atoms with E-state index in [2.05, 4.69) is 5.32 Å².